The number of hydrogen-bond acceptors (Lipinski definition) is 2. The van der Waals surface area contributed by atoms with Gasteiger partial charge in [-0.05, 0) is 116 Å². The average molecular weight is 464 g/mol. The van der Waals surface area contributed by atoms with E-state index in [1.807, 2.05) is 0 Å². The Kier molecular flexibility index (Phi) is 5.40. The minimum Gasteiger partial charge on any atom is -0.378 e. The smallest absolute Gasteiger partial charge is 0.0491 e. The van der Waals surface area contributed by atoms with Crippen molar-refractivity contribution in [2.45, 2.75) is 53.0 Å². The van der Waals surface area contributed by atoms with Crippen LogP contribution in [-0.4, -0.2) is 31.8 Å². The summed E-state index contributed by atoms with van der Waals surface area (Å²) in [6.07, 6.45) is 4.93. The van der Waals surface area contributed by atoms with E-state index in [1.54, 1.807) is 16.8 Å². The fourth-order valence-corrected chi connectivity index (χ4v) is 6.60. The topological polar surface area (TPSA) is 11.4 Å². The summed E-state index contributed by atoms with van der Waals surface area (Å²) >= 11 is 0. The van der Waals surface area contributed by atoms with Gasteiger partial charge in [0.1, 0.15) is 0 Å². The highest BCUT2D eigenvalue weighted by Gasteiger charge is 2.26. The monoisotopic (exact) mass is 463 g/mol. The molecule has 0 N–H and O–H groups in total. The Morgan fingerprint density at radius 2 is 1.49 bits per heavy atom. The van der Waals surface area contributed by atoms with Crippen molar-refractivity contribution >= 4 is 22.3 Å². The van der Waals surface area contributed by atoms with Crippen molar-refractivity contribution in [3.05, 3.63) is 70.9 Å². The van der Waals surface area contributed by atoms with E-state index < -0.39 is 0 Å². The largest absolute Gasteiger partial charge is 0.378 e. The van der Waals surface area contributed by atoms with E-state index in [0.29, 0.717) is 0 Å². The highest BCUT2D eigenvalue weighted by atomic mass is 15.1. The Morgan fingerprint density at radius 3 is 2.09 bits per heavy atom. The van der Waals surface area contributed by atoms with Crippen LogP contribution >= 0.6 is 0 Å². The van der Waals surface area contributed by atoms with Crippen molar-refractivity contribution < 1.29 is 0 Å². The normalized spacial score (nSPS) is 14.9. The first-order chi connectivity index (χ1) is 17.0. The Hall–Kier alpha value is -3.20. The Bertz CT molecular complexity index is 1390. The Morgan fingerprint density at radius 1 is 0.829 bits per heavy atom. The molecule has 3 heteroatoms. The zero-order valence-electron chi connectivity index (χ0n) is 21.9. The first-order valence-corrected chi connectivity index (χ1v) is 13.3. The summed E-state index contributed by atoms with van der Waals surface area (Å²) in [6, 6.07) is 18.8. The zero-order valence-corrected chi connectivity index (χ0v) is 21.9. The van der Waals surface area contributed by atoms with Crippen LogP contribution in [-0.2, 0) is 19.4 Å². The molecule has 0 saturated heterocycles. The molecule has 0 saturated carbocycles. The number of aromatic nitrogens is 1. The SMILES string of the molecule is CCn1c(C)c(C)c2c(-c3cc4c5c(c3)CCCN5CCC4)c(-c3ccc(N(C)C)cc3)ccc21. The fourth-order valence-electron chi connectivity index (χ4n) is 6.60. The molecule has 0 radical (unpaired) electrons. The van der Waals surface area contributed by atoms with Gasteiger partial charge in [0.2, 0.25) is 0 Å². The first kappa shape index (κ1) is 22.3. The molecule has 180 valence electrons. The van der Waals surface area contributed by atoms with Crippen molar-refractivity contribution in [1.29, 1.82) is 0 Å². The van der Waals surface area contributed by atoms with E-state index in [2.05, 4.69) is 97.8 Å². The molecule has 0 atom stereocenters. The van der Waals surface area contributed by atoms with Crippen molar-refractivity contribution in [2.24, 2.45) is 0 Å². The molecule has 3 aromatic carbocycles. The lowest BCUT2D eigenvalue weighted by molar-refractivity contribution is 0.634. The zero-order chi connectivity index (χ0) is 24.3. The van der Waals surface area contributed by atoms with Crippen molar-refractivity contribution in [3.8, 4) is 22.3 Å². The molecule has 3 heterocycles. The molecule has 0 fully saturated rings. The molecule has 6 rings (SSSR count). The lowest BCUT2D eigenvalue weighted by atomic mass is 9.84. The number of hydrogen-bond donors (Lipinski definition) is 0. The molecule has 0 aliphatic carbocycles. The lowest BCUT2D eigenvalue weighted by Gasteiger charge is -2.37. The van der Waals surface area contributed by atoms with E-state index in [0.717, 1.165) is 6.54 Å². The third-order valence-electron chi connectivity index (χ3n) is 8.43. The van der Waals surface area contributed by atoms with Gasteiger partial charge >= 0.3 is 0 Å². The molecule has 0 bridgehead atoms. The maximum absolute atomic E-state index is 2.64. The van der Waals surface area contributed by atoms with Crippen LogP contribution in [0.25, 0.3) is 33.2 Å². The van der Waals surface area contributed by atoms with Crippen LogP contribution in [0, 0.1) is 13.8 Å². The summed E-state index contributed by atoms with van der Waals surface area (Å²) in [5, 5.41) is 1.43. The summed E-state index contributed by atoms with van der Waals surface area (Å²) in [5.74, 6) is 0. The molecule has 0 amide bonds. The van der Waals surface area contributed by atoms with Gasteiger partial charge in [-0.25, -0.2) is 0 Å². The second-order valence-corrected chi connectivity index (χ2v) is 10.6. The number of nitrogens with zero attached hydrogens (tertiary/aromatic N) is 3. The molecule has 2 aliphatic heterocycles. The Balaban J connectivity index is 1.65. The standard InChI is InChI=1S/C32H37N3/c1-6-35-22(3)21(2)30-29(35)16-15-28(23-11-13-27(14-12-23)33(4)5)31(30)26-19-24-9-7-17-34-18-8-10-25(20-26)32(24)34/h11-16,19-20H,6-10,17-18H2,1-5H3. The van der Waals surface area contributed by atoms with Gasteiger partial charge in [0.15, 0.2) is 0 Å². The summed E-state index contributed by atoms with van der Waals surface area (Å²) in [7, 11) is 4.21. The van der Waals surface area contributed by atoms with Crippen LogP contribution in [0.2, 0.25) is 0 Å². The van der Waals surface area contributed by atoms with Gasteiger partial charge in [-0.3, -0.25) is 0 Å². The van der Waals surface area contributed by atoms with Crippen LogP contribution < -0.4 is 9.80 Å². The molecular weight excluding hydrogens is 426 g/mol. The van der Waals surface area contributed by atoms with E-state index in [1.165, 1.54) is 88.9 Å². The van der Waals surface area contributed by atoms with Crippen LogP contribution in [0.3, 0.4) is 0 Å². The van der Waals surface area contributed by atoms with E-state index in [-0.39, 0.29) is 0 Å². The van der Waals surface area contributed by atoms with Gasteiger partial charge in [-0.2, -0.15) is 0 Å². The quantitative estimate of drug-likeness (QED) is 0.313. The van der Waals surface area contributed by atoms with Gasteiger partial charge in [0.05, 0.1) is 0 Å². The van der Waals surface area contributed by atoms with E-state index in [9.17, 15) is 0 Å². The highest BCUT2D eigenvalue weighted by Crippen LogP contribution is 2.45. The molecule has 4 aromatic rings. The van der Waals surface area contributed by atoms with Gasteiger partial charge in [0.25, 0.3) is 0 Å². The molecule has 2 aliphatic rings. The molecule has 35 heavy (non-hydrogen) atoms. The number of benzene rings is 3. The number of rotatable bonds is 4. The molecule has 0 unspecified atom stereocenters. The lowest BCUT2D eigenvalue weighted by Crippen LogP contribution is -2.34. The fraction of sp³-hybridized carbons (Fsp3) is 0.375. The van der Waals surface area contributed by atoms with Crippen molar-refractivity contribution in [2.75, 3.05) is 37.0 Å². The summed E-state index contributed by atoms with van der Waals surface area (Å²) in [4.78, 5) is 4.81. The minimum atomic E-state index is 0.997. The molecule has 3 nitrogen and oxygen atoms in total. The summed E-state index contributed by atoms with van der Waals surface area (Å²) in [6.45, 7) is 10.3. The maximum Gasteiger partial charge on any atom is 0.0491 e. The minimum absolute atomic E-state index is 0.997. The second kappa shape index (κ2) is 8.48. The van der Waals surface area contributed by atoms with E-state index in [4.69, 9.17) is 0 Å². The molecule has 0 spiro atoms. The summed E-state index contributed by atoms with van der Waals surface area (Å²) in [5.41, 5.74) is 15.5. The van der Waals surface area contributed by atoms with Crippen LogP contribution in [0.15, 0.2) is 48.5 Å². The molecule has 1 aromatic heterocycles. The second-order valence-electron chi connectivity index (χ2n) is 10.6. The Labute approximate surface area is 210 Å². The molecular formula is C32H37N3. The van der Waals surface area contributed by atoms with Crippen LogP contribution in [0.1, 0.15) is 42.1 Å². The number of aryl methyl sites for hydroxylation is 4. The van der Waals surface area contributed by atoms with Crippen LogP contribution in [0.4, 0.5) is 11.4 Å². The van der Waals surface area contributed by atoms with Gasteiger partial charge in [-0.1, -0.05) is 18.2 Å². The summed E-state index contributed by atoms with van der Waals surface area (Å²) < 4.78 is 2.48. The van der Waals surface area contributed by atoms with Crippen molar-refractivity contribution in [3.63, 3.8) is 0 Å². The van der Waals surface area contributed by atoms with Gasteiger partial charge < -0.3 is 14.4 Å². The van der Waals surface area contributed by atoms with Gasteiger partial charge in [-0.15, -0.1) is 0 Å². The third-order valence-corrected chi connectivity index (χ3v) is 8.43. The number of anilines is 2. The van der Waals surface area contributed by atoms with E-state index >= 15 is 0 Å². The first-order valence-electron chi connectivity index (χ1n) is 13.3. The maximum atomic E-state index is 2.64. The third kappa shape index (κ3) is 3.47. The number of fused-ring (bicyclic) bond motifs is 1. The van der Waals surface area contributed by atoms with Gasteiger partial charge in [0, 0.05) is 61.7 Å². The highest BCUT2D eigenvalue weighted by molar-refractivity contribution is 6.06. The van der Waals surface area contributed by atoms with Crippen LogP contribution in [0.5, 0.6) is 0 Å². The predicted molar refractivity (Wildman–Crippen MR) is 151 cm³/mol. The van der Waals surface area contributed by atoms with Crippen molar-refractivity contribution in [1.82, 2.24) is 4.57 Å². The predicted octanol–water partition coefficient (Wildman–Crippen LogP) is 7.38. The average Bonchev–Trinajstić information content (AvgIpc) is 3.13.